The number of H-pyrrole nitrogens is 1. The molecular formula is C8H9ClN4. The van der Waals surface area contributed by atoms with Gasteiger partial charge in [-0.25, -0.2) is 0 Å². The SMILES string of the molecule is Cl.Nc1c[nH]nc1-c1cccnc1. The molecule has 0 saturated heterocycles. The molecule has 0 spiro atoms. The van der Waals surface area contributed by atoms with E-state index in [-0.39, 0.29) is 12.4 Å². The summed E-state index contributed by atoms with van der Waals surface area (Å²) in [6, 6.07) is 3.77. The Balaban J connectivity index is 0.000000845. The van der Waals surface area contributed by atoms with Crippen molar-refractivity contribution in [3.8, 4) is 11.3 Å². The Bertz CT molecular complexity index is 371. The standard InChI is InChI=1S/C8H8N4.ClH/c9-7-5-11-12-8(7)6-2-1-3-10-4-6;/h1-5H,9H2,(H,11,12);1H. The lowest BCUT2D eigenvalue weighted by Crippen LogP contribution is -1.86. The van der Waals surface area contributed by atoms with Gasteiger partial charge in [0, 0.05) is 24.2 Å². The summed E-state index contributed by atoms with van der Waals surface area (Å²) in [6.45, 7) is 0. The second-order valence-corrected chi connectivity index (χ2v) is 2.43. The van der Waals surface area contributed by atoms with Crippen molar-refractivity contribution in [2.24, 2.45) is 0 Å². The third-order valence-electron chi connectivity index (χ3n) is 1.60. The van der Waals surface area contributed by atoms with Gasteiger partial charge in [-0.3, -0.25) is 10.1 Å². The maximum Gasteiger partial charge on any atom is 0.117 e. The normalized spacial score (nSPS) is 9.23. The fourth-order valence-electron chi connectivity index (χ4n) is 1.03. The first-order valence-electron chi connectivity index (χ1n) is 3.57. The molecule has 0 fully saturated rings. The second-order valence-electron chi connectivity index (χ2n) is 2.43. The molecule has 2 heterocycles. The molecule has 0 saturated carbocycles. The van der Waals surface area contributed by atoms with Crippen molar-refractivity contribution >= 4 is 18.1 Å². The van der Waals surface area contributed by atoms with Gasteiger partial charge in [0.15, 0.2) is 0 Å². The van der Waals surface area contributed by atoms with Crippen LogP contribution in [0.3, 0.4) is 0 Å². The third-order valence-corrected chi connectivity index (χ3v) is 1.60. The summed E-state index contributed by atoms with van der Waals surface area (Å²) in [5.41, 5.74) is 7.97. The van der Waals surface area contributed by atoms with Crippen LogP contribution in [-0.4, -0.2) is 15.2 Å². The Hall–Kier alpha value is -1.55. The average molecular weight is 197 g/mol. The predicted octanol–water partition coefficient (Wildman–Crippen LogP) is 1.48. The minimum Gasteiger partial charge on any atom is -0.396 e. The monoisotopic (exact) mass is 196 g/mol. The molecule has 0 aliphatic heterocycles. The number of nitrogens with zero attached hydrogens (tertiary/aromatic N) is 2. The quantitative estimate of drug-likeness (QED) is 0.726. The number of rotatable bonds is 1. The van der Waals surface area contributed by atoms with Gasteiger partial charge in [0.25, 0.3) is 0 Å². The lowest BCUT2D eigenvalue weighted by molar-refractivity contribution is 1.09. The minimum absolute atomic E-state index is 0. The molecule has 0 radical (unpaired) electrons. The van der Waals surface area contributed by atoms with Crippen LogP contribution in [0.4, 0.5) is 5.69 Å². The van der Waals surface area contributed by atoms with Crippen LogP contribution in [0.15, 0.2) is 30.7 Å². The van der Waals surface area contributed by atoms with Crippen LogP contribution in [-0.2, 0) is 0 Å². The van der Waals surface area contributed by atoms with Gasteiger partial charge >= 0.3 is 0 Å². The minimum atomic E-state index is 0. The molecule has 0 aliphatic carbocycles. The molecule has 2 aromatic heterocycles. The highest BCUT2D eigenvalue weighted by molar-refractivity contribution is 5.85. The number of nitrogens with one attached hydrogen (secondary N) is 1. The lowest BCUT2D eigenvalue weighted by Gasteiger charge is -1.94. The summed E-state index contributed by atoms with van der Waals surface area (Å²) in [6.07, 6.45) is 5.10. The van der Waals surface area contributed by atoms with Crippen molar-refractivity contribution in [2.45, 2.75) is 0 Å². The first-order chi connectivity index (χ1) is 5.88. The Morgan fingerprint density at radius 1 is 1.38 bits per heavy atom. The van der Waals surface area contributed by atoms with Crippen molar-refractivity contribution in [3.63, 3.8) is 0 Å². The number of nitrogens with two attached hydrogens (primary N) is 1. The Morgan fingerprint density at radius 2 is 2.23 bits per heavy atom. The molecule has 0 aromatic carbocycles. The molecule has 2 rings (SSSR count). The van der Waals surface area contributed by atoms with E-state index in [1.165, 1.54) is 0 Å². The van der Waals surface area contributed by atoms with E-state index < -0.39 is 0 Å². The van der Waals surface area contributed by atoms with Crippen LogP contribution in [0.25, 0.3) is 11.3 Å². The molecule has 0 atom stereocenters. The lowest BCUT2D eigenvalue weighted by atomic mass is 10.2. The number of nitrogen functional groups attached to an aromatic ring is 1. The van der Waals surface area contributed by atoms with Crippen molar-refractivity contribution in [2.75, 3.05) is 5.73 Å². The maximum absolute atomic E-state index is 5.65. The van der Waals surface area contributed by atoms with E-state index in [2.05, 4.69) is 15.2 Å². The van der Waals surface area contributed by atoms with Crippen molar-refractivity contribution in [3.05, 3.63) is 30.7 Å². The van der Waals surface area contributed by atoms with Crippen LogP contribution < -0.4 is 5.73 Å². The van der Waals surface area contributed by atoms with Gasteiger partial charge < -0.3 is 5.73 Å². The molecule has 2 aromatic rings. The maximum atomic E-state index is 5.65. The summed E-state index contributed by atoms with van der Waals surface area (Å²) in [5, 5.41) is 6.69. The third kappa shape index (κ3) is 1.78. The Kier molecular flexibility index (Phi) is 2.87. The number of aromatic nitrogens is 3. The largest absolute Gasteiger partial charge is 0.396 e. The zero-order valence-electron chi connectivity index (χ0n) is 6.77. The van der Waals surface area contributed by atoms with Crippen LogP contribution in [0.2, 0.25) is 0 Å². The molecule has 5 heteroatoms. The number of hydrogen-bond donors (Lipinski definition) is 2. The topological polar surface area (TPSA) is 67.6 Å². The fourth-order valence-corrected chi connectivity index (χ4v) is 1.03. The fraction of sp³-hybridized carbons (Fsp3) is 0. The highest BCUT2D eigenvalue weighted by atomic mass is 35.5. The molecule has 3 N–H and O–H groups in total. The van der Waals surface area contributed by atoms with Gasteiger partial charge in [-0.15, -0.1) is 12.4 Å². The van der Waals surface area contributed by atoms with Gasteiger partial charge in [-0.2, -0.15) is 5.10 Å². The molecule has 0 bridgehead atoms. The molecule has 68 valence electrons. The number of hydrogen-bond acceptors (Lipinski definition) is 3. The van der Waals surface area contributed by atoms with E-state index in [1.807, 2.05) is 12.1 Å². The average Bonchev–Trinajstić information content (AvgIpc) is 2.53. The molecule has 0 unspecified atom stereocenters. The van der Waals surface area contributed by atoms with Gasteiger partial charge in [-0.05, 0) is 12.1 Å². The van der Waals surface area contributed by atoms with Crippen molar-refractivity contribution < 1.29 is 0 Å². The molecular weight excluding hydrogens is 188 g/mol. The van der Waals surface area contributed by atoms with Gasteiger partial charge in [-0.1, -0.05) is 0 Å². The van der Waals surface area contributed by atoms with E-state index in [4.69, 9.17) is 5.73 Å². The summed E-state index contributed by atoms with van der Waals surface area (Å²) in [5.74, 6) is 0. The molecule has 4 nitrogen and oxygen atoms in total. The first kappa shape index (κ1) is 9.54. The van der Waals surface area contributed by atoms with Crippen LogP contribution >= 0.6 is 12.4 Å². The van der Waals surface area contributed by atoms with E-state index in [9.17, 15) is 0 Å². The highest BCUT2D eigenvalue weighted by Crippen LogP contribution is 2.20. The van der Waals surface area contributed by atoms with E-state index in [0.29, 0.717) is 5.69 Å². The van der Waals surface area contributed by atoms with Crippen LogP contribution in [0, 0.1) is 0 Å². The number of aromatic amines is 1. The summed E-state index contributed by atoms with van der Waals surface area (Å²) in [4.78, 5) is 3.97. The van der Waals surface area contributed by atoms with Crippen LogP contribution in [0.5, 0.6) is 0 Å². The molecule has 0 amide bonds. The molecule has 13 heavy (non-hydrogen) atoms. The number of anilines is 1. The first-order valence-corrected chi connectivity index (χ1v) is 3.57. The van der Waals surface area contributed by atoms with Crippen LogP contribution in [0.1, 0.15) is 0 Å². The Morgan fingerprint density at radius 3 is 2.77 bits per heavy atom. The van der Waals surface area contributed by atoms with Crippen molar-refractivity contribution in [1.29, 1.82) is 0 Å². The number of pyridine rings is 1. The van der Waals surface area contributed by atoms with Gasteiger partial charge in [0.05, 0.1) is 5.69 Å². The summed E-state index contributed by atoms with van der Waals surface area (Å²) >= 11 is 0. The number of halogens is 1. The van der Waals surface area contributed by atoms with Gasteiger partial charge in [0.1, 0.15) is 5.69 Å². The zero-order valence-corrected chi connectivity index (χ0v) is 7.58. The second kappa shape index (κ2) is 3.91. The van der Waals surface area contributed by atoms with Crippen molar-refractivity contribution in [1.82, 2.24) is 15.2 Å². The summed E-state index contributed by atoms with van der Waals surface area (Å²) in [7, 11) is 0. The van der Waals surface area contributed by atoms with E-state index in [1.54, 1.807) is 18.6 Å². The van der Waals surface area contributed by atoms with Gasteiger partial charge in [0.2, 0.25) is 0 Å². The highest BCUT2D eigenvalue weighted by Gasteiger charge is 2.03. The summed E-state index contributed by atoms with van der Waals surface area (Å²) < 4.78 is 0. The van der Waals surface area contributed by atoms with E-state index in [0.717, 1.165) is 11.3 Å². The smallest absolute Gasteiger partial charge is 0.117 e. The predicted molar refractivity (Wildman–Crippen MR) is 53.5 cm³/mol. The Labute approximate surface area is 81.6 Å². The van der Waals surface area contributed by atoms with E-state index >= 15 is 0 Å². The zero-order chi connectivity index (χ0) is 8.39. The molecule has 0 aliphatic rings.